The molecule has 0 unspecified atom stereocenters. The SMILES string of the molecule is c1ccc(-c2cccc(-c3ccc(N(c4cccc(-c5cccc(-c6cccc7cc(-c8cccc(-c9cccc(-c%10ccc(N(c%11cccc(-c%12cccc(-c%13cccc%14ccccc%13%14)c%12)c%11)c%11ccc%12sc%13ccccc%13c%12c%11)cc%10)c9)c8)ccc67)c5)c4)c4ccc5oc6ccccc6c5c4)cc3)c2)cc1. The van der Waals surface area contributed by atoms with Crippen LogP contribution in [0.1, 0.15) is 0 Å². The van der Waals surface area contributed by atoms with Gasteiger partial charge in [0, 0.05) is 65.1 Å². The third-order valence-electron chi connectivity index (χ3n) is 21.4. The molecule has 0 bridgehead atoms. The highest BCUT2D eigenvalue weighted by atomic mass is 32.1. The van der Waals surface area contributed by atoms with Gasteiger partial charge in [0.2, 0.25) is 0 Å². The van der Waals surface area contributed by atoms with E-state index in [1.54, 1.807) is 0 Å². The number of para-hydroxylation sites is 1. The van der Waals surface area contributed by atoms with Crippen molar-refractivity contribution in [2.24, 2.45) is 0 Å². The van der Waals surface area contributed by atoms with Gasteiger partial charge in [0.05, 0.1) is 0 Å². The number of anilines is 6. The van der Waals surface area contributed by atoms with Crippen molar-refractivity contribution < 1.29 is 4.42 Å². The number of thiophene rings is 1. The van der Waals surface area contributed by atoms with Crippen molar-refractivity contribution in [1.82, 2.24) is 0 Å². The van der Waals surface area contributed by atoms with Crippen molar-refractivity contribution in [2.45, 2.75) is 0 Å². The molecule has 0 aliphatic carbocycles. The Morgan fingerprint density at radius 3 is 1.08 bits per heavy atom. The molecule has 0 saturated carbocycles. The monoisotopic (exact) mass is 1390 g/mol. The number of furan rings is 1. The van der Waals surface area contributed by atoms with E-state index in [0.717, 1.165) is 95.0 Å². The fraction of sp³-hybridized carbons (Fsp3) is 0. The summed E-state index contributed by atoms with van der Waals surface area (Å²) in [6.45, 7) is 0. The minimum atomic E-state index is 0.867. The third kappa shape index (κ3) is 12.0. The molecule has 2 aromatic heterocycles. The molecule has 506 valence electrons. The van der Waals surface area contributed by atoms with Crippen molar-refractivity contribution >= 4 is 109 Å². The van der Waals surface area contributed by atoms with E-state index in [1.165, 1.54) is 103 Å². The first-order chi connectivity index (χ1) is 53.5. The van der Waals surface area contributed by atoms with Gasteiger partial charge in [0.15, 0.2) is 0 Å². The second kappa shape index (κ2) is 27.3. The zero-order valence-corrected chi connectivity index (χ0v) is 59.8. The molecule has 3 nitrogen and oxygen atoms in total. The summed E-state index contributed by atoms with van der Waals surface area (Å²) in [5, 5.41) is 9.62. The van der Waals surface area contributed by atoms with Gasteiger partial charge in [-0.25, -0.2) is 0 Å². The van der Waals surface area contributed by atoms with Gasteiger partial charge in [0.25, 0.3) is 0 Å². The summed E-state index contributed by atoms with van der Waals surface area (Å²) < 4.78 is 8.93. The van der Waals surface area contributed by atoms with Crippen molar-refractivity contribution in [3.05, 3.63) is 413 Å². The van der Waals surface area contributed by atoms with E-state index in [2.05, 4.69) is 410 Å². The van der Waals surface area contributed by atoms with Crippen molar-refractivity contribution in [1.29, 1.82) is 0 Å². The van der Waals surface area contributed by atoms with Crippen molar-refractivity contribution in [2.75, 3.05) is 9.80 Å². The Labute approximate surface area is 631 Å². The molecular weight excluding hydrogens is 1330 g/mol. The standard InChI is InChI=1S/C104H68N2OS/c1-2-19-69(20-3-1)73-23-10-24-74(59-73)70-45-50-87(51-46-70)105(91-54-57-102-99(67-91)97-39-6-8-43-101(97)107-102)89-36-15-31-81(65-89)80-30-14-34-85(63-80)95-42-18-35-86-64-83(49-56-96(86)95)78-28-12-27-77(61-78)76-26-11-25-75(60-76)71-47-52-88(53-48-71)106(92-55-58-104-100(68-92)98-40-7-9-44-103(98)108-104)90-37-16-32-82(66-90)79-29-13-33-84(62-79)94-41-17-22-72-21-4-5-38-93(72)94/h1-68H. The van der Waals surface area contributed by atoms with Crippen LogP contribution in [0.15, 0.2) is 417 Å². The molecule has 0 aliphatic rings. The molecule has 0 amide bonds. The van der Waals surface area contributed by atoms with Crippen LogP contribution in [0.3, 0.4) is 0 Å². The fourth-order valence-corrected chi connectivity index (χ4v) is 17.1. The van der Waals surface area contributed by atoms with Gasteiger partial charge < -0.3 is 14.2 Å². The van der Waals surface area contributed by atoms with Crippen molar-refractivity contribution in [3.8, 4) is 100 Å². The van der Waals surface area contributed by atoms with E-state index in [-0.39, 0.29) is 0 Å². The van der Waals surface area contributed by atoms with Crippen LogP contribution >= 0.6 is 11.3 Å². The summed E-state index contributed by atoms with van der Waals surface area (Å²) in [7, 11) is 0. The lowest BCUT2D eigenvalue weighted by Gasteiger charge is -2.26. The van der Waals surface area contributed by atoms with Crippen LogP contribution in [0, 0.1) is 0 Å². The van der Waals surface area contributed by atoms with Crippen LogP contribution in [0.25, 0.3) is 164 Å². The van der Waals surface area contributed by atoms with Crippen LogP contribution in [0.4, 0.5) is 34.1 Å². The molecule has 20 aromatic rings. The maximum Gasteiger partial charge on any atom is 0.135 e. The van der Waals surface area contributed by atoms with Crippen LogP contribution in [0.2, 0.25) is 0 Å². The molecule has 108 heavy (non-hydrogen) atoms. The molecule has 0 aliphatic heterocycles. The largest absolute Gasteiger partial charge is 0.456 e. The zero-order chi connectivity index (χ0) is 71.4. The Morgan fingerprint density at radius 2 is 0.509 bits per heavy atom. The summed E-state index contributed by atoms with van der Waals surface area (Å²) in [6.07, 6.45) is 0. The topological polar surface area (TPSA) is 19.6 Å². The summed E-state index contributed by atoms with van der Waals surface area (Å²) in [5.74, 6) is 0. The maximum atomic E-state index is 6.35. The minimum absolute atomic E-state index is 0.867. The molecule has 0 atom stereocenters. The first-order valence-corrected chi connectivity index (χ1v) is 37.7. The quantitative estimate of drug-likeness (QED) is 0.102. The van der Waals surface area contributed by atoms with E-state index in [0.29, 0.717) is 0 Å². The number of fused-ring (bicyclic) bond motifs is 8. The number of hydrogen-bond donors (Lipinski definition) is 0. The molecule has 0 fully saturated rings. The summed E-state index contributed by atoms with van der Waals surface area (Å²) in [4.78, 5) is 4.78. The van der Waals surface area contributed by atoms with Gasteiger partial charge in [-0.05, 0) is 255 Å². The highest BCUT2D eigenvalue weighted by Gasteiger charge is 2.21. The van der Waals surface area contributed by atoms with Crippen molar-refractivity contribution in [3.63, 3.8) is 0 Å². The van der Waals surface area contributed by atoms with Gasteiger partial charge >= 0.3 is 0 Å². The number of benzene rings is 18. The average Bonchev–Trinajstić information content (AvgIpc) is 1.48. The molecule has 20 rings (SSSR count). The Morgan fingerprint density at radius 1 is 0.167 bits per heavy atom. The number of hydrogen-bond acceptors (Lipinski definition) is 4. The second-order valence-corrected chi connectivity index (χ2v) is 29.0. The zero-order valence-electron chi connectivity index (χ0n) is 59.0. The summed E-state index contributed by atoms with van der Waals surface area (Å²) in [5.41, 5.74) is 29.3. The van der Waals surface area contributed by atoms with Gasteiger partial charge in [-0.3, -0.25) is 0 Å². The fourth-order valence-electron chi connectivity index (χ4n) is 16.0. The molecule has 4 heteroatoms. The Hall–Kier alpha value is -13.9. The van der Waals surface area contributed by atoms with E-state index >= 15 is 0 Å². The van der Waals surface area contributed by atoms with E-state index in [1.807, 2.05) is 23.5 Å². The molecule has 0 spiro atoms. The van der Waals surface area contributed by atoms with Gasteiger partial charge in [-0.2, -0.15) is 0 Å². The summed E-state index contributed by atoms with van der Waals surface area (Å²) in [6, 6.07) is 151. The van der Waals surface area contributed by atoms with E-state index in [9.17, 15) is 0 Å². The number of nitrogens with zero attached hydrogens (tertiary/aromatic N) is 2. The first-order valence-electron chi connectivity index (χ1n) is 36.9. The summed E-state index contributed by atoms with van der Waals surface area (Å²) >= 11 is 1.85. The lowest BCUT2D eigenvalue weighted by Crippen LogP contribution is -2.10. The molecule has 2 heterocycles. The van der Waals surface area contributed by atoms with E-state index in [4.69, 9.17) is 4.42 Å². The normalized spacial score (nSPS) is 11.5. The maximum absolute atomic E-state index is 6.35. The Kier molecular flexibility index (Phi) is 16.1. The van der Waals surface area contributed by atoms with Gasteiger partial charge in [-0.1, -0.05) is 279 Å². The van der Waals surface area contributed by atoms with Crippen LogP contribution in [-0.4, -0.2) is 0 Å². The molecule has 18 aromatic carbocycles. The highest BCUT2D eigenvalue weighted by molar-refractivity contribution is 7.25. The lowest BCUT2D eigenvalue weighted by molar-refractivity contribution is 0.669. The Bertz CT molecular complexity index is 6820. The van der Waals surface area contributed by atoms with Crippen LogP contribution < -0.4 is 9.80 Å². The molecule has 0 N–H and O–H groups in total. The van der Waals surface area contributed by atoms with Gasteiger partial charge in [0.1, 0.15) is 11.2 Å². The predicted octanol–water partition coefficient (Wildman–Crippen LogP) is 30.2. The minimum Gasteiger partial charge on any atom is -0.456 e. The number of rotatable bonds is 15. The smallest absolute Gasteiger partial charge is 0.135 e. The third-order valence-corrected chi connectivity index (χ3v) is 22.6. The van der Waals surface area contributed by atoms with E-state index < -0.39 is 0 Å². The average molecular weight is 1390 g/mol. The molecular formula is C104H68N2OS. The van der Waals surface area contributed by atoms with Crippen LogP contribution in [0.5, 0.6) is 0 Å². The van der Waals surface area contributed by atoms with Crippen LogP contribution in [-0.2, 0) is 0 Å². The lowest BCUT2D eigenvalue weighted by atomic mass is 9.92. The highest BCUT2D eigenvalue weighted by Crippen LogP contribution is 2.46. The first kappa shape index (κ1) is 63.8. The molecule has 0 saturated heterocycles. The predicted molar refractivity (Wildman–Crippen MR) is 460 cm³/mol. The van der Waals surface area contributed by atoms with Gasteiger partial charge in [-0.15, -0.1) is 11.3 Å². The molecule has 0 radical (unpaired) electrons. The Balaban J connectivity index is 0.583. The second-order valence-electron chi connectivity index (χ2n) is 28.0.